The highest BCUT2D eigenvalue weighted by Gasteiger charge is 2.17. The molecule has 0 bridgehead atoms. The van der Waals surface area contributed by atoms with Crippen LogP contribution in [0.1, 0.15) is 25.6 Å². The predicted molar refractivity (Wildman–Crippen MR) is 82.0 cm³/mol. The number of nitrogens with one attached hydrogen (secondary N) is 1. The normalized spacial score (nSPS) is 11.8. The minimum atomic E-state index is 0.0411. The third-order valence-electron chi connectivity index (χ3n) is 2.54. The first-order chi connectivity index (χ1) is 8.88. The lowest BCUT2D eigenvalue weighted by molar-refractivity contribution is 0.426. The minimum Gasteiger partial charge on any atom is -0.307 e. The summed E-state index contributed by atoms with van der Waals surface area (Å²) >= 11 is 13.6. The molecule has 0 fully saturated rings. The van der Waals surface area contributed by atoms with Crippen molar-refractivity contribution in [3.8, 4) is 11.3 Å². The van der Waals surface area contributed by atoms with Crippen molar-refractivity contribution in [2.75, 3.05) is 0 Å². The van der Waals surface area contributed by atoms with Gasteiger partial charge in [0.1, 0.15) is 5.69 Å². The third-order valence-corrected chi connectivity index (χ3v) is 4.08. The summed E-state index contributed by atoms with van der Waals surface area (Å²) in [6.07, 6.45) is 0. The van der Waals surface area contributed by atoms with Crippen LogP contribution < -0.4 is 5.32 Å². The molecule has 19 heavy (non-hydrogen) atoms. The number of nitrogens with zero attached hydrogens (tertiary/aromatic N) is 2. The van der Waals surface area contributed by atoms with Crippen molar-refractivity contribution in [1.29, 1.82) is 0 Å². The van der Waals surface area contributed by atoms with Crippen LogP contribution in [0, 0.1) is 0 Å². The summed E-state index contributed by atoms with van der Waals surface area (Å²) in [5, 5.41) is 8.65. The predicted octanol–water partition coefficient (Wildman–Crippen LogP) is 4.40. The smallest absolute Gasteiger partial charge is 0.111 e. The lowest BCUT2D eigenvalue weighted by Gasteiger charge is -2.20. The van der Waals surface area contributed by atoms with Gasteiger partial charge in [0.05, 0.1) is 14.9 Å². The Morgan fingerprint density at radius 1 is 1.26 bits per heavy atom. The van der Waals surface area contributed by atoms with E-state index in [0.717, 1.165) is 16.1 Å². The quantitative estimate of drug-likeness (QED) is 0.912. The zero-order valence-electron chi connectivity index (χ0n) is 11.0. The summed E-state index contributed by atoms with van der Waals surface area (Å²) in [6.45, 7) is 7.06. The van der Waals surface area contributed by atoms with E-state index in [2.05, 4.69) is 35.7 Å². The van der Waals surface area contributed by atoms with E-state index in [9.17, 15) is 0 Å². The Hall–Kier alpha value is -0.680. The van der Waals surface area contributed by atoms with Crippen LogP contribution in [0.4, 0.5) is 0 Å². The van der Waals surface area contributed by atoms with E-state index in [-0.39, 0.29) is 5.54 Å². The molecule has 1 aromatic heterocycles. The van der Waals surface area contributed by atoms with Crippen LogP contribution in [0.3, 0.4) is 0 Å². The van der Waals surface area contributed by atoms with Gasteiger partial charge < -0.3 is 5.32 Å². The maximum absolute atomic E-state index is 6.23. The van der Waals surface area contributed by atoms with Crippen LogP contribution in [-0.2, 0) is 6.54 Å². The van der Waals surface area contributed by atoms with E-state index in [1.165, 1.54) is 11.5 Å². The molecule has 0 aliphatic carbocycles. The zero-order chi connectivity index (χ0) is 14.0. The molecule has 1 heterocycles. The standard InChI is InChI=1S/C13H15Cl2N3S/c1-13(2,3)16-7-10-12(17-18-19-10)8-5-4-6-9(14)11(8)15/h4-6,16H,7H2,1-3H3. The van der Waals surface area contributed by atoms with Gasteiger partial charge in [0, 0.05) is 17.6 Å². The Balaban J connectivity index is 2.31. The maximum atomic E-state index is 6.23. The zero-order valence-corrected chi connectivity index (χ0v) is 13.3. The summed E-state index contributed by atoms with van der Waals surface area (Å²) in [5.41, 5.74) is 1.67. The van der Waals surface area contributed by atoms with Gasteiger partial charge in [-0.2, -0.15) is 0 Å². The van der Waals surface area contributed by atoms with Gasteiger partial charge in [0.25, 0.3) is 0 Å². The van der Waals surface area contributed by atoms with Crippen molar-refractivity contribution < 1.29 is 0 Å². The Bertz CT molecular complexity index is 576. The van der Waals surface area contributed by atoms with Crippen molar-refractivity contribution in [2.24, 2.45) is 0 Å². The van der Waals surface area contributed by atoms with Crippen molar-refractivity contribution in [3.63, 3.8) is 0 Å². The lowest BCUT2D eigenvalue weighted by Crippen LogP contribution is -2.34. The number of aromatic nitrogens is 2. The van der Waals surface area contributed by atoms with Gasteiger partial charge >= 0.3 is 0 Å². The van der Waals surface area contributed by atoms with Crippen LogP contribution >= 0.6 is 34.7 Å². The summed E-state index contributed by atoms with van der Waals surface area (Å²) < 4.78 is 4.02. The van der Waals surface area contributed by atoms with Crippen molar-refractivity contribution in [1.82, 2.24) is 14.9 Å². The van der Waals surface area contributed by atoms with Gasteiger partial charge in [0.15, 0.2) is 0 Å². The molecule has 0 saturated heterocycles. The second-order valence-corrected chi connectivity index (χ2v) is 6.87. The Kier molecular flexibility index (Phi) is 4.46. The maximum Gasteiger partial charge on any atom is 0.111 e. The summed E-state index contributed by atoms with van der Waals surface area (Å²) in [6, 6.07) is 5.54. The van der Waals surface area contributed by atoms with E-state index < -0.39 is 0 Å². The van der Waals surface area contributed by atoms with Crippen LogP contribution in [0.2, 0.25) is 10.0 Å². The monoisotopic (exact) mass is 315 g/mol. The van der Waals surface area contributed by atoms with Gasteiger partial charge in [-0.3, -0.25) is 0 Å². The fourth-order valence-corrected chi connectivity index (χ4v) is 2.55. The molecule has 0 atom stereocenters. The fraction of sp³-hybridized carbons (Fsp3) is 0.385. The fourth-order valence-electron chi connectivity index (χ4n) is 1.56. The molecule has 2 aromatic rings. The second kappa shape index (κ2) is 5.75. The molecule has 1 N–H and O–H groups in total. The molecule has 0 amide bonds. The van der Waals surface area contributed by atoms with E-state index >= 15 is 0 Å². The van der Waals surface area contributed by atoms with Gasteiger partial charge in [-0.1, -0.05) is 39.8 Å². The summed E-state index contributed by atoms with van der Waals surface area (Å²) in [5.74, 6) is 0. The van der Waals surface area contributed by atoms with Crippen molar-refractivity contribution in [3.05, 3.63) is 33.1 Å². The minimum absolute atomic E-state index is 0.0411. The number of hydrogen-bond donors (Lipinski definition) is 1. The molecule has 0 radical (unpaired) electrons. The largest absolute Gasteiger partial charge is 0.307 e. The van der Waals surface area contributed by atoms with Crippen LogP contribution in [0.15, 0.2) is 18.2 Å². The number of hydrogen-bond acceptors (Lipinski definition) is 4. The molecular formula is C13H15Cl2N3S. The van der Waals surface area contributed by atoms with Crippen LogP contribution in [0.25, 0.3) is 11.3 Å². The average Bonchev–Trinajstić information content (AvgIpc) is 2.77. The molecule has 0 aliphatic heterocycles. The Labute approximate surface area is 127 Å². The first-order valence-corrected chi connectivity index (χ1v) is 7.42. The highest BCUT2D eigenvalue weighted by atomic mass is 35.5. The molecule has 102 valence electrons. The summed E-state index contributed by atoms with van der Waals surface area (Å²) in [4.78, 5) is 1.05. The molecule has 3 nitrogen and oxygen atoms in total. The molecule has 2 rings (SSSR count). The first-order valence-electron chi connectivity index (χ1n) is 5.89. The van der Waals surface area contributed by atoms with E-state index in [1.54, 1.807) is 6.07 Å². The average molecular weight is 316 g/mol. The van der Waals surface area contributed by atoms with Crippen LogP contribution in [-0.4, -0.2) is 15.1 Å². The van der Waals surface area contributed by atoms with Crippen molar-refractivity contribution >= 4 is 34.7 Å². The molecular weight excluding hydrogens is 301 g/mol. The van der Waals surface area contributed by atoms with Gasteiger partial charge in [0.2, 0.25) is 0 Å². The second-order valence-electron chi connectivity index (χ2n) is 5.25. The van der Waals surface area contributed by atoms with E-state index in [0.29, 0.717) is 16.6 Å². The molecule has 0 aliphatic rings. The van der Waals surface area contributed by atoms with Gasteiger partial charge in [-0.25, -0.2) is 0 Å². The third kappa shape index (κ3) is 3.66. The Morgan fingerprint density at radius 3 is 2.68 bits per heavy atom. The molecule has 0 unspecified atom stereocenters. The lowest BCUT2D eigenvalue weighted by atomic mass is 10.1. The molecule has 6 heteroatoms. The topological polar surface area (TPSA) is 37.8 Å². The first kappa shape index (κ1) is 14.7. The highest BCUT2D eigenvalue weighted by molar-refractivity contribution is 7.06. The van der Waals surface area contributed by atoms with E-state index in [1.807, 2.05) is 12.1 Å². The SMILES string of the molecule is CC(C)(C)NCc1snnc1-c1cccc(Cl)c1Cl. The number of benzene rings is 1. The van der Waals surface area contributed by atoms with Gasteiger partial charge in [-0.05, 0) is 38.4 Å². The molecule has 0 spiro atoms. The van der Waals surface area contributed by atoms with Crippen LogP contribution in [0.5, 0.6) is 0 Å². The Morgan fingerprint density at radius 2 is 2.00 bits per heavy atom. The summed E-state index contributed by atoms with van der Waals surface area (Å²) in [7, 11) is 0. The van der Waals surface area contributed by atoms with E-state index in [4.69, 9.17) is 23.2 Å². The molecule has 0 saturated carbocycles. The number of halogens is 2. The van der Waals surface area contributed by atoms with Gasteiger partial charge in [-0.15, -0.1) is 5.10 Å². The van der Waals surface area contributed by atoms with Crippen molar-refractivity contribution in [2.45, 2.75) is 32.9 Å². The highest BCUT2D eigenvalue weighted by Crippen LogP contribution is 2.34. The number of rotatable bonds is 3. The molecule has 1 aromatic carbocycles.